The van der Waals surface area contributed by atoms with E-state index in [1.165, 1.54) is 19.8 Å². The average Bonchev–Trinajstić information content (AvgIpc) is 2.94. The van der Waals surface area contributed by atoms with Crippen LogP contribution in [0.1, 0.15) is 45.1 Å². The van der Waals surface area contributed by atoms with Crippen molar-refractivity contribution in [1.82, 2.24) is 4.90 Å². The van der Waals surface area contributed by atoms with E-state index < -0.39 is 17.9 Å². The van der Waals surface area contributed by atoms with Gasteiger partial charge in [-0.1, -0.05) is 56.2 Å². The van der Waals surface area contributed by atoms with Gasteiger partial charge in [-0.3, -0.25) is 9.69 Å². The van der Waals surface area contributed by atoms with Crippen molar-refractivity contribution >= 4 is 46.3 Å². The molecule has 1 fully saturated rings. The zero-order valence-corrected chi connectivity index (χ0v) is 17.9. The first-order valence-corrected chi connectivity index (χ1v) is 10.4. The molecule has 152 valence electrons. The third-order valence-corrected chi connectivity index (χ3v) is 5.64. The zero-order valence-electron chi connectivity index (χ0n) is 16.3. The van der Waals surface area contributed by atoms with Gasteiger partial charge in [-0.25, -0.2) is 4.79 Å². The molecule has 0 spiro atoms. The second kappa shape index (κ2) is 10.5. The highest BCUT2D eigenvalue weighted by Gasteiger charge is 2.38. The molecular weight excluding hydrogens is 398 g/mol. The standard InChI is InChI=1S/C20H25NO5S2/c1-4-5-6-7-10-26-15-9-8-14(11-16(15)25-3)12-17-18(22)21(20(27)28-17)13(2)19(23)24/h8-9,11-13H,4-7,10H2,1-3H3,(H,23,24)/b17-12-/t13-/m1/s1. The number of aliphatic carboxylic acids is 1. The Morgan fingerprint density at radius 3 is 2.71 bits per heavy atom. The van der Waals surface area contributed by atoms with Gasteiger partial charge in [0.05, 0.1) is 18.6 Å². The molecule has 28 heavy (non-hydrogen) atoms. The Bertz CT molecular complexity index is 778. The van der Waals surface area contributed by atoms with Gasteiger partial charge in [-0.2, -0.15) is 0 Å². The predicted molar refractivity (Wildman–Crippen MR) is 115 cm³/mol. The van der Waals surface area contributed by atoms with Gasteiger partial charge in [0.2, 0.25) is 0 Å². The number of rotatable bonds is 10. The first-order valence-electron chi connectivity index (χ1n) is 9.19. The quantitative estimate of drug-likeness (QED) is 0.341. The lowest BCUT2D eigenvalue weighted by molar-refractivity contribution is -0.144. The number of nitrogens with zero attached hydrogens (tertiary/aromatic N) is 1. The number of amides is 1. The number of thioether (sulfide) groups is 1. The summed E-state index contributed by atoms with van der Waals surface area (Å²) in [5, 5.41) is 9.16. The lowest BCUT2D eigenvalue weighted by Crippen LogP contribution is -2.41. The van der Waals surface area contributed by atoms with Crippen LogP contribution in [0.5, 0.6) is 11.5 Å². The monoisotopic (exact) mass is 423 g/mol. The molecule has 1 atom stereocenters. The number of unbranched alkanes of at least 4 members (excludes halogenated alkanes) is 3. The van der Waals surface area contributed by atoms with Crippen LogP contribution < -0.4 is 9.47 Å². The van der Waals surface area contributed by atoms with Crippen molar-refractivity contribution in [1.29, 1.82) is 0 Å². The number of carboxylic acids is 1. The van der Waals surface area contributed by atoms with Crippen LogP contribution in [0.2, 0.25) is 0 Å². The molecule has 1 aromatic rings. The highest BCUT2D eigenvalue weighted by Crippen LogP contribution is 2.35. The van der Waals surface area contributed by atoms with Crippen molar-refractivity contribution in [3.63, 3.8) is 0 Å². The summed E-state index contributed by atoms with van der Waals surface area (Å²) in [6, 6.07) is 4.42. The van der Waals surface area contributed by atoms with Gasteiger partial charge >= 0.3 is 5.97 Å². The number of ether oxygens (including phenoxy) is 2. The lowest BCUT2D eigenvalue weighted by Gasteiger charge is -2.18. The summed E-state index contributed by atoms with van der Waals surface area (Å²) >= 11 is 6.27. The molecule has 2 rings (SSSR count). The molecule has 0 aliphatic carbocycles. The highest BCUT2D eigenvalue weighted by atomic mass is 32.2. The Kier molecular flexibility index (Phi) is 8.32. The van der Waals surface area contributed by atoms with E-state index in [4.69, 9.17) is 26.8 Å². The maximum absolute atomic E-state index is 12.5. The number of benzene rings is 1. The van der Waals surface area contributed by atoms with Crippen LogP contribution >= 0.6 is 24.0 Å². The van der Waals surface area contributed by atoms with E-state index in [0.29, 0.717) is 23.0 Å². The van der Waals surface area contributed by atoms with Gasteiger partial charge < -0.3 is 14.6 Å². The van der Waals surface area contributed by atoms with Crippen molar-refractivity contribution in [2.45, 2.75) is 45.6 Å². The number of carboxylic acid groups (broad SMARTS) is 1. The molecule has 0 aromatic heterocycles. The van der Waals surface area contributed by atoms with Crippen molar-refractivity contribution in [3.05, 3.63) is 28.7 Å². The molecule has 0 bridgehead atoms. The molecule has 8 heteroatoms. The summed E-state index contributed by atoms with van der Waals surface area (Å²) in [7, 11) is 1.57. The third-order valence-electron chi connectivity index (χ3n) is 4.31. The number of thiocarbonyl (C=S) groups is 1. The topological polar surface area (TPSA) is 76.1 Å². The van der Waals surface area contributed by atoms with Crippen molar-refractivity contribution in [3.8, 4) is 11.5 Å². The first kappa shape index (κ1) is 22.2. The van der Waals surface area contributed by atoms with Crippen LogP contribution in [0, 0.1) is 0 Å². The molecule has 0 unspecified atom stereocenters. The normalized spacial score (nSPS) is 16.5. The maximum Gasteiger partial charge on any atom is 0.326 e. The Hall–Kier alpha value is -2.06. The van der Waals surface area contributed by atoms with Crippen LogP contribution in [0.15, 0.2) is 23.1 Å². The van der Waals surface area contributed by atoms with Crippen LogP contribution in [0.4, 0.5) is 0 Å². The third kappa shape index (κ3) is 5.48. The number of methoxy groups -OCH3 is 1. The second-order valence-electron chi connectivity index (χ2n) is 6.39. The summed E-state index contributed by atoms with van der Waals surface area (Å²) in [6.45, 7) is 4.23. The predicted octanol–water partition coefficient (Wildman–Crippen LogP) is 4.33. The van der Waals surface area contributed by atoms with Crippen molar-refractivity contribution in [2.75, 3.05) is 13.7 Å². The van der Waals surface area contributed by atoms with Gasteiger partial charge in [0.1, 0.15) is 10.4 Å². The Labute approximate surface area is 174 Å². The number of carbonyl (C=O) groups excluding carboxylic acids is 1. The second-order valence-corrected chi connectivity index (χ2v) is 8.06. The molecule has 1 saturated heterocycles. The molecule has 1 aliphatic heterocycles. The van der Waals surface area contributed by atoms with Gasteiger partial charge in [0.15, 0.2) is 11.5 Å². The molecular formula is C20H25NO5S2. The molecule has 1 aliphatic rings. The average molecular weight is 424 g/mol. The van der Waals surface area contributed by atoms with E-state index in [2.05, 4.69) is 6.92 Å². The number of hydrogen-bond donors (Lipinski definition) is 1. The fourth-order valence-corrected chi connectivity index (χ4v) is 4.10. The van der Waals surface area contributed by atoms with Crippen LogP contribution in [0.25, 0.3) is 6.08 Å². The SMILES string of the molecule is CCCCCCOc1ccc(/C=C2\SC(=S)N([C@H](C)C(=O)O)C2=O)cc1OC. The molecule has 1 N–H and O–H groups in total. The summed E-state index contributed by atoms with van der Waals surface area (Å²) in [6.07, 6.45) is 6.17. The van der Waals surface area contributed by atoms with Crippen LogP contribution in [-0.2, 0) is 9.59 Å². The molecule has 1 amide bonds. The number of carbonyl (C=O) groups is 2. The Balaban J connectivity index is 2.12. The van der Waals surface area contributed by atoms with Crippen LogP contribution in [0.3, 0.4) is 0 Å². The fourth-order valence-electron chi connectivity index (χ4n) is 2.68. The minimum atomic E-state index is -1.10. The number of hydrogen-bond acceptors (Lipinski definition) is 6. The van der Waals surface area contributed by atoms with E-state index in [1.807, 2.05) is 12.1 Å². The Morgan fingerprint density at radius 2 is 2.07 bits per heavy atom. The maximum atomic E-state index is 12.5. The first-order chi connectivity index (χ1) is 13.4. The van der Waals surface area contributed by atoms with Crippen LogP contribution in [-0.4, -0.2) is 46.0 Å². The molecule has 0 radical (unpaired) electrons. The summed E-state index contributed by atoms with van der Waals surface area (Å²) in [4.78, 5) is 25.2. The van der Waals surface area contributed by atoms with Gasteiger partial charge in [0.25, 0.3) is 5.91 Å². The lowest BCUT2D eigenvalue weighted by atomic mass is 10.1. The minimum absolute atomic E-state index is 0.241. The van der Waals surface area contributed by atoms with Crippen molar-refractivity contribution < 1.29 is 24.2 Å². The van der Waals surface area contributed by atoms with E-state index >= 15 is 0 Å². The van der Waals surface area contributed by atoms with E-state index in [1.54, 1.807) is 19.3 Å². The summed E-state index contributed by atoms with van der Waals surface area (Å²) in [5.74, 6) is -0.262. The molecule has 0 saturated carbocycles. The largest absolute Gasteiger partial charge is 0.493 e. The van der Waals surface area contributed by atoms with E-state index in [9.17, 15) is 9.59 Å². The van der Waals surface area contributed by atoms with E-state index in [0.717, 1.165) is 35.1 Å². The zero-order chi connectivity index (χ0) is 20.7. The smallest absolute Gasteiger partial charge is 0.326 e. The molecule has 6 nitrogen and oxygen atoms in total. The fraction of sp³-hybridized carbons (Fsp3) is 0.450. The Morgan fingerprint density at radius 1 is 1.32 bits per heavy atom. The summed E-state index contributed by atoms with van der Waals surface area (Å²) < 4.78 is 11.4. The van der Waals surface area contributed by atoms with Crippen molar-refractivity contribution in [2.24, 2.45) is 0 Å². The van der Waals surface area contributed by atoms with Gasteiger partial charge in [-0.15, -0.1) is 0 Å². The van der Waals surface area contributed by atoms with E-state index in [-0.39, 0.29) is 4.32 Å². The summed E-state index contributed by atoms with van der Waals surface area (Å²) in [5.41, 5.74) is 0.749. The molecule has 1 heterocycles. The van der Waals surface area contributed by atoms with Gasteiger partial charge in [-0.05, 0) is 37.1 Å². The highest BCUT2D eigenvalue weighted by molar-refractivity contribution is 8.26. The minimum Gasteiger partial charge on any atom is -0.493 e. The molecule has 1 aromatic carbocycles. The van der Waals surface area contributed by atoms with Gasteiger partial charge in [0, 0.05) is 0 Å².